The van der Waals surface area contributed by atoms with E-state index in [2.05, 4.69) is 15.9 Å². The zero-order valence-electron chi connectivity index (χ0n) is 7.48. The highest BCUT2D eigenvalue weighted by Crippen LogP contribution is 2.28. The fourth-order valence-electron chi connectivity index (χ4n) is 1.14. The predicted octanol–water partition coefficient (Wildman–Crippen LogP) is 4.24. The van der Waals surface area contributed by atoms with Crippen molar-refractivity contribution < 1.29 is 4.74 Å². The molecule has 14 heavy (non-hydrogen) atoms. The van der Waals surface area contributed by atoms with E-state index in [4.69, 9.17) is 4.74 Å². The van der Waals surface area contributed by atoms with Gasteiger partial charge >= 0.3 is 0 Å². The molecule has 0 aliphatic rings. The maximum absolute atomic E-state index is 5.66. The molecule has 0 saturated carbocycles. The summed E-state index contributed by atoms with van der Waals surface area (Å²) in [5.74, 6) is 1.68. The first-order valence-electron chi connectivity index (χ1n) is 4.34. The number of hydrogen-bond donors (Lipinski definition) is 0. The molecule has 0 fully saturated rings. The van der Waals surface area contributed by atoms with Crippen LogP contribution in [0, 0.1) is 0 Å². The second kappa shape index (κ2) is 4.29. The van der Waals surface area contributed by atoms with Crippen LogP contribution in [0.2, 0.25) is 0 Å². The van der Waals surface area contributed by atoms with Gasteiger partial charge in [0.05, 0.1) is 4.47 Å². The van der Waals surface area contributed by atoms with Gasteiger partial charge in [0.15, 0.2) is 0 Å². The molecule has 2 heteroatoms. The molecule has 2 aromatic rings. The minimum Gasteiger partial charge on any atom is -0.456 e. The summed E-state index contributed by atoms with van der Waals surface area (Å²) in [5.41, 5.74) is 0. The highest BCUT2D eigenvalue weighted by atomic mass is 79.9. The summed E-state index contributed by atoms with van der Waals surface area (Å²) in [6.45, 7) is 0. The Labute approximate surface area is 91.5 Å². The second-order valence-corrected chi connectivity index (χ2v) is 3.70. The lowest BCUT2D eigenvalue weighted by Gasteiger charge is -2.06. The fourth-order valence-corrected chi connectivity index (χ4v) is 1.51. The molecular formula is C12H9BrO. The predicted molar refractivity (Wildman–Crippen MR) is 60.7 cm³/mol. The van der Waals surface area contributed by atoms with Crippen molar-refractivity contribution in [3.63, 3.8) is 0 Å². The van der Waals surface area contributed by atoms with Gasteiger partial charge in [-0.25, -0.2) is 0 Å². The number of hydrogen-bond acceptors (Lipinski definition) is 1. The first-order chi connectivity index (χ1) is 6.86. The summed E-state index contributed by atoms with van der Waals surface area (Å²) < 4.78 is 6.62. The van der Waals surface area contributed by atoms with Crippen LogP contribution in [0.4, 0.5) is 0 Å². The van der Waals surface area contributed by atoms with Crippen LogP contribution in [0.1, 0.15) is 0 Å². The lowest BCUT2D eigenvalue weighted by molar-refractivity contribution is 0.479. The van der Waals surface area contributed by atoms with Crippen LogP contribution >= 0.6 is 15.9 Å². The summed E-state index contributed by atoms with van der Waals surface area (Å²) in [4.78, 5) is 0. The van der Waals surface area contributed by atoms with Gasteiger partial charge < -0.3 is 4.74 Å². The molecule has 0 aliphatic carbocycles. The van der Waals surface area contributed by atoms with Crippen molar-refractivity contribution in [1.29, 1.82) is 0 Å². The highest BCUT2D eigenvalue weighted by molar-refractivity contribution is 9.10. The number of rotatable bonds is 2. The van der Waals surface area contributed by atoms with Crippen molar-refractivity contribution in [2.24, 2.45) is 0 Å². The fraction of sp³-hybridized carbons (Fsp3) is 0. The van der Waals surface area contributed by atoms with Gasteiger partial charge in [-0.2, -0.15) is 0 Å². The van der Waals surface area contributed by atoms with Crippen LogP contribution in [0.3, 0.4) is 0 Å². The molecule has 0 bridgehead atoms. The zero-order chi connectivity index (χ0) is 9.80. The molecule has 70 valence electrons. The Morgan fingerprint density at radius 1 is 0.786 bits per heavy atom. The normalized spacial score (nSPS) is 9.79. The van der Waals surface area contributed by atoms with E-state index in [-0.39, 0.29) is 0 Å². The summed E-state index contributed by atoms with van der Waals surface area (Å²) >= 11 is 3.43. The maximum atomic E-state index is 5.66. The SMILES string of the molecule is Brc1ccccc1Oc1ccccc1. The minimum absolute atomic E-state index is 0.832. The van der Waals surface area contributed by atoms with Crippen molar-refractivity contribution >= 4 is 15.9 Å². The van der Waals surface area contributed by atoms with Crippen molar-refractivity contribution in [1.82, 2.24) is 0 Å². The molecule has 0 amide bonds. The number of halogens is 1. The topological polar surface area (TPSA) is 9.23 Å². The summed E-state index contributed by atoms with van der Waals surface area (Å²) in [5, 5.41) is 0. The summed E-state index contributed by atoms with van der Waals surface area (Å²) in [7, 11) is 0. The molecule has 2 aromatic carbocycles. The van der Waals surface area contributed by atoms with E-state index < -0.39 is 0 Å². The molecule has 0 N–H and O–H groups in total. The monoisotopic (exact) mass is 248 g/mol. The summed E-state index contributed by atoms with van der Waals surface area (Å²) in [6, 6.07) is 17.5. The van der Waals surface area contributed by atoms with E-state index >= 15 is 0 Å². The van der Waals surface area contributed by atoms with E-state index in [1.54, 1.807) is 0 Å². The number of para-hydroxylation sites is 2. The van der Waals surface area contributed by atoms with E-state index in [0.29, 0.717) is 0 Å². The van der Waals surface area contributed by atoms with Crippen LogP contribution in [0.5, 0.6) is 11.5 Å². The molecular weight excluding hydrogens is 240 g/mol. The van der Waals surface area contributed by atoms with E-state index in [1.807, 2.05) is 54.6 Å². The molecule has 0 saturated heterocycles. The maximum Gasteiger partial charge on any atom is 0.141 e. The Balaban J connectivity index is 2.24. The molecule has 0 unspecified atom stereocenters. The van der Waals surface area contributed by atoms with Crippen molar-refractivity contribution in [2.75, 3.05) is 0 Å². The molecule has 2 rings (SSSR count). The van der Waals surface area contributed by atoms with Gasteiger partial charge in [0.2, 0.25) is 0 Å². The average molecular weight is 249 g/mol. The van der Waals surface area contributed by atoms with Crippen LogP contribution in [-0.2, 0) is 0 Å². The molecule has 0 radical (unpaired) electrons. The molecule has 0 aliphatic heterocycles. The van der Waals surface area contributed by atoms with E-state index in [0.717, 1.165) is 16.0 Å². The van der Waals surface area contributed by atoms with Gasteiger partial charge in [0.25, 0.3) is 0 Å². The van der Waals surface area contributed by atoms with E-state index in [1.165, 1.54) is 0 Å². The Bertz CT molecular complexity index is 412. The third-order valence-corrected chi connectivity index (χ3v) is 2.46. The highest BCUT2D eigenvalue weighted by Gasteiger charge is 1.99. The quantitative estimate of drug-likeness (QED) is 0.773. The van der Waals surface area contributed by atoms with Gasteiger partial charge in [-0.05, 0) is 40.2 Å². The van der Waals surface area contributed by atoms with Crippen molar-refractivity contribution in [3.8, 4) is 11.5 Å². The van der Waals surface area contributed by atoms with E-state index in [9.17, 15) is 0 Å². The molecule has 0 heterocycles. The smallest absolute Gasteiger partial charge is 0.141 e. The molecule has 0 spiro atoms. The first-order valence-corrected chi connectivity index (χ1v) is 5.13. The van der Waals surface area contributed by atoms with Crippen LogP contribution < -0.4 is 4.74 Å². The van der Waals surface area contributed by atoms with Gasteiger partial charge in [-0.3, -0.25) is 0 Å². The minimum atomic E-state index is 0.832. The molecule has 1 nitrogen and oxygen atoms in total. The first kappa shape index (κ1) is 9.28. The second-order valence-electron chi connectivity index (χ2n) is 2.85. The molecule has 0 atom stereocenters. The standard InChI is InChI=1S/C12H9BrO/c13-11-8-4-5-9-12(11)14-10-6-2-1-3-7-10/h1-9H. The lowest BCUT2D eigenvalue weighted by atomic mass is 10.3. The van der Waals surface area contributed by atoms with Gasteiger partial charge in [0.1, 0.15) is 11.5 Å². The Morgan fingerprint density at radius 2 is 1.43 bits per heavy atom. The Hall–Kier alpha value is -1.28. The van der Waals surface area contributed by atoms with Crippen LogP contribution in [0.25, 0.3) is 0 Å². The third kappa shape index (κ3) is 2.15. The zero-order valence-corrected chi connectivity index (χ0v) is 9.07. The number of benzene rings is 2. The van der Waals surface area contributed by atoms with Gasteiger partial charge in [-0.1, -0.05) is 30.3 Å². The molecule has 0 aromatic heterocycles. The van der Waals surface area contributed by atoms with Crippen molar-refractivity contribution in [3.05, 3.63) is 59.1 Å². The van der Waals surface area contributed by atoms with Crippen LogP contribution in [-0.4, -0.2) is 0 Å². The Kier molecular flexibility index (Phi) is 2.84. The summed E-state index contributed by atoms with van der Waals surface area (Å²) in [6.07, 6.45) is 0. The van der Waals surface area contributed by atoms with Crippen molar-refractivity contribution in [2.45, 2.75) is 0 Å². The third-order valence-electron chi connectivity index (χ3n) is 1.81. The Morgan fingerprint density at radius 3 is 2.14 bits per heavy atom. The largest absolute Gasteiger partial charge is 0.456 e. The lowest BCUT2D eigenvalue weighted by Crippen LogP contribution is -1.83. The van der Waals surface area contributed by atoms with Gasteiger partial charge in [-0.15, -0.1) is 0 Å². The number of ether oxygens (including phenoxy) is 1. The van der Waals surface area contributed by atoms with Gasteiger partial charge in [0, 0.05) is 0 Å². The average Bonchev–Trinajstić information content (AvgIpc) is 2.23. The van der Waals surface area contributed by atoms with Crippen LogP contribution in [0.15, 0.2) is 59.1 Å².